The Labute approximate surface area is 127 Å². The average Bonchev–Trinajstić information content (AvgIpc) is 2.54. The summed E-state index contributed by atoms with van der Waals surface area (Å²) in [5.41, 5.74) is 2.82. The molecule has 0 bridgehead atoms. The summed E-state index contributed by atoms with van der Waals surface area (Å²) in [5, 5.41) is 11.1. The van der Waals surface area contributed by atoms with E-state index >= 15 is 0 Å². The van der Waals surface area contributed by atoms with Crippen LogP contribution in [0.3, 0.4) is 0 Å². The maximum atomic E-state index is 10.6. The van der Waals surface area contributed by atoms with Crippen molar-refractivity contribution >= 4 is 22.6 Å². The van der Waals surface area contributed by atoms with Gasteiger partial charge < -0.3 is 9.84 Å². The van der Waals surface area contributed by atoms with Gasteiger partial charge in [0.2, 0.25) is 0 Å². The second-order valence-electron chi connectivity index (χ2n) is 4.57. The summed E-state index contributed by atoms with van der Waals surface area (Å²) in [6.07, 6.45) is 2.42. The summed E-state index contributed by atoms with van der Waals surface area (Å²) in [7, 11) is 1.54. The lowest BCUT2D eigenvalue weighted by molar-refractivity contribution is 0.221. The summed E-state index contributed by atoms with van der Waals surface area (Å²) < 4.78 is 5.19. The van der Waals surface area contributed by atoms with Crippen molar-refractivity contribution in [2.75, 3.05) is 7.11 Å². The van der Waals surface area contributed by atoms with Crippen molar-refractivity contribution in [1.82, 2.24) is 9.97 Å². The molecule has 0 saturated carbocycles. The third kappa shape index (κ3) is 2.55. The smallest absolute Gasteiger partial charge is 0.137 e. The van der Waals surface area contributed by atoms with Crippen molar-refractivity contribution in [3.63, 3.8) is 0 Å². The number of aromatic nitrogens is 2. The van der Waals surface area contributed by atoms with Crippen LogP contribution in [-0.2, 0) is 0 Å². The zero-order chi connectivity index (χ0) is 14.8. The minimum atomic E-state index is -0.823. The molecule has 0 aliphatic rings. The quantitative estimate of drug-likeness (QED) is 0.805. The van der Waals surface area contributed by atoms with Crippen molar-refractivity contribution in [1.29, 1.82) is 0 Å². The van der Waals surface area contributed by atoms with E-state index in [0.29, 0.717) is 27.4 Å². The van der Waals surface area contributed by atoms with Gasteiger partial charge in [-0.3, -0.25) is 9.97 Å². The Morgan fingerprint density at radius 3 is 2.76 bits per heavy atom. The van der Waals surface area contributed by atoms with E-state index in [1.54, 1.807) is 37.7 Å². The fourth-order valence-corrected chi connectivity index (χ4v) is 2.46. The number of ether oxygens (including phenoxy) is 1. The van der Waals surface area contributed by atoms with Gasteiger partial charge in [-0.15, -0.1) is 0 Å². The first kappa shape index (κ1) is 13.8. The lowest BCUT2D eigenvalue weighted by Crippen LogP contribution is -2.02. The highest BCUT2D eigenvalue weighted by atomic mass is 35.5. The van der Waals surface area contributed by atoms with Gasteiger partial charge in [-0.05, 0) is 23.8 Å². The first-order valence-electron chi connectivity index (χ1n) is 6.42. The Bertz CT molecular complexity index is 787. The molecule has 1 heterocycles. The molecule has 0 fully saturated rings. The van der Waals surface area contributed by atoms with E-state index in [0.717, 1.165) is 5.52 Å². The number of aliphatic hydroxyl groups excluding tert-OH is 1. The highest BCUT2D eigenvalue weighted by Gasteiger charge is 2.16. The van der Waals surface area contributed by atoms with Crippen LogP contribution in [0.4, 0.5) is 0 Å². The van der Waals surface area contributed by atoms with Crippen LogP contribution in [0.2, 0.25) is 5.02 Å². The molecule has 5 heteroatoms. The second-order valence-corrected chi connectivity index (χ2v) is 4.98. The number of hydrogen-bond acceptors (Lipinski definition) is 4. The largest absolute Gasteiger partial charge is 0.495 e. The van der Waals surface area contributed by atoms with Crippen LogP contribution in [0.15, 0.2) is 48.8 Å². The first-order valence-corrected chi connectivity index (χ1v) is 6.79. The van der Waals surface area contributed by atoms with Gasteiger partial charge in [-0.1, -0.05) is 29.8 Å². The molecule has 0 saturated heterocycles. The van der Waals surface area contributed by atoms with Gasteiger partial charge in [-0.2, -0.15) is 0 Å². The fraction of sp³-hybridized carbons (Fsp3) is 0.125. The van der Waals surface area contributed by atoms with E-state index in [1.165, 1.54) is 0 Å². The number of halogens is 1. The third-order valence-electron chi connectivity index (χ3n) is 3.32. The highest BCUT2D eigenvalue weighted by Crippen LogP contribution is 2.32. The summed E-state index contributed by atoms with van der Waals surface area (Å²) in [4.78, 5) is 8.55. The van der Waals surface area contributed by atoms with E-state index in [9.17, 15) is 5.11 Å². The van der Waals surface area contributed by atoms with Gasteiger partial charge in [0.15, 0.2) is 0 Å². The monoisotopic (exact) mass is 300 g/mol. The van der Waals surface area contributed by atoms with Crippen molar-refractivity contribution in [2.45, 2.75) is 6.10 Å². The molecule has 3 aromatic rings. The van der Waals surface area contributed by atoms with Gasteiger partial charge in [0.05, 0.1) is 23.2 Å². The molecule has 3 rings (SSSR count). The molecule has 1 N–H and O–H groups in total. The molecular weight excluding hydrogens is 288 g/mol. The summed E-state index contributed by atoms with van der Waals surface area (Å²) in [6, 6.07) is 10.7. The SMILES string of the molecule is COc1cc(C(O)c2cccc3nccnc23)ccc1Cl. The Morgan fingerprint density at radius 1 is 1.14 bits per heavy atom. The van der Waals surface area contributed by atoms with Crippen molar-refractivity contribution in [3.8, 4) is 5.75 Å². The van der Waals surface area contributed by atoms with Crippen molar-refractivity contribution in [3.05, 3.63) is 64.9 Å². The average molecular weight is 301 g/mol. The Morgan fingerprint density at radius 2 is 1.95 bits per heavy atom. The highest BCUT2D eigenvalue weighted by molar-refractivity contribution is 6.32. The number of benzene rings is 2. The molecule has 0 aliphatic carbocycles. The number of fused-ring (bicyclic) bond motifs is 1. The molecule has 4 nitrogen and oxygen atoms in total. The Hall–Kier alpha value is -2.17. The van der Waals surface area contributed by atoms with Crippen molar-refractivity contribution < 1.29 is 9.84 Å². The van der Waals surface area contributed by atoms with E-state index in [-0.39, 0.29) is 0 Å². The van der Waals surface area contributed by atoms with Crippen LogP contribution in [-0.4, -0.2) is 22.2 Å². The van der Waals surface area contributed by atoms with Crippen LogP contribution in [0, 0.1) is 0 Å². The van der Waals surface area contributed by atoms with E-state index in [4.69, 9.17) is 16.3 Å². The molecule has 0 amide bonds. The van der Waals surface area contributed by atoms with Crippen LogP contribution < -0.4 is 4.74 Å². The van der Waals surface area contributed by atoms with Crippen molar-refractivity contribution in [2.24, 2.45) is 0 Å². The van der Waals surface area contributed by atoms with Gasteiger partial charge in [0.25, 0.3) is 0 Å². The fourth-order valence-electron chi connectivity index (χ4n) is 2.26. The van der Waals surface area contributed by atoms with Crippen LogP contribution in [0.25, 0.3) is 11.0 Å². The minimum absolute atomic E-state index is 0.506. The molecule has 0 radical (unpaired) electrons. The predicted molar refractivity (Wildman–Crippen MR) is 81.6 cm³/mol. The molecule has 0 aliphatic heterocycles. The van der Waals surface area contributed by atoms with Gasteiger partial charge in [-0.25, -0.2) is 0 Å². The lowest BCUT2D eigenvalue weighted by atomic mass is 10.00. The minimum Gasteiger partial charge on any atom is -0.495 e. The molecule has 2 aromatic carbocycles. The van der Waals surface area contributed by atoms with Gasteiger partial charge in [0.1, 0.15) is 11.9 Å². The third-order valence-corrected chi connectivity index (χ3v) is 3.63. The van der Waals surface area contributed by atoms with E-state index < -0.39 is 6.10 Å². The van der Waals surface area contributed by atoms with Gasteiger partial charge >= 0.3 is 0 Å². The Kier molecular flexibility index (Phi) is 3.73. The molecular formula is C16H13ClN2O2. The van der Waals surface area contributed by atoms with E-state index in [2.05, 4.69) is 9.97 Å². The predicted octanol–water partition coefficient (Wildman–Crippen LogP) is 3.37. The summed E-state index contributed by atoms with van der Waals surface area (Å²) >= 11 is 6.01. The van der Waals surface area contributed by atoms with E-state index in [1.807, 2.05) is 18.2 Å². The normalized spacial score (nSPS) is 12.3. The topological polar surface area (TPSA) is 55.2 Å². The molecule has 1 aromatic heterocycles. The zero-order valence-corrected chi connectivity index (χ0v) is 12.1. The number of hydrogen-bond donors (Lipinski definition) is 1. The number of rotatable bonds is 3. The number of para-hydroxylation sites is 1. The summed E-state index contributed by atoms with van der Waals surface area (Å²) in [6.45, 7) is 0. The van der Waals surface area contributed by atoms with Gasteiger partial charge in [0, 0.05) is 18.0 Å². The standard InChI is InChI=1S/C16H13ClN2O2/c1-21-14-9-10(5-6-12(14)17)16(20)11-3-2-4-13-15(11)19-8-7-18-13/h2-9,16,20H,1H3. The lowest BCUT2D eigenvalue weighted by Gasteiger charge is -2.14. The first-order chi connectivity index (χ1) is 10.2. The maximum absolute atomic E-state index is 10.6. The number of aliphatic hydroxyl groups is 1. The zero-order valence-electron chi connectivity index (χ0n) is 11.3. The number of nitrogens with zero attached hydrogens (tertiary/aromatic N) is 2. The molecule has 1 unspecified atom stereocenters. The number of methoxy groups -OCH3 is 1. The van der Waals surface area contributed by atoms with Crippen LogP contribution in [0.1, 0.15) is 17.2 Å². The molecule has 1 atom stereocenters. The Balaban J connectivity index is 2.10. The van der Waals surface area contributed by atoms with Crippen LogP contribution in [0.5, 0.6) is 5.75 Å². The molecule has 21 heavy (non-hydrogen) atoms. The maximum Gasteiger partial charge on any atom is 0.137 e. The van der Waals surface area contributed by atoms with Crippen LogP contribution >= 0.6 is 11.6 Å². The summed E-state index contributed by atoms with van der Waals surface area (Å²) in [5.74, 6) is 0.527. The molecule has 0 spiro atoms. The molecule has 106 valence electrons. The second kappa shape index (κ2) is 5.68.